The number of hydrogen-bond acceptors (Lipinski definition) is 2. The van der Waals surface area contributed by atoms with Crippen LogP contribution in [0.15, 0.2) is 60.4 Å². The molecular formula is C19H19N3. The molecule has 0 radical (unpaired) electrons. The Balaban J connectivity index is 2.28. The lowest BCUT2D eigenvalue weighted by Crippen LogP contribution is -2.10. The number of pyridine rings is 1. The molecule has 2 heterocycles. The van der Waals surface area contributed by atoms with Crippen molar-refractivity contribution in [3.63, 3.8) is 0 Å². The van der Waals surface area contributed by atoms with Gasteiger partial charge in [-0.3, -0.25) is 9.98 Å². The Morgan fingerprint density at radius 2 is 1.95 bits per heavy atom. The van der Waals surface area contributed by atoms with E-state index in [0.29, 0.717) is 0 Å². The van der Waals surface area contributed by atoms with Gasteiger partial charge in [0.1, 0.15) is 0 Å². The van der Waals surface area contributed by atoms with Crippen LogP contribution in [0, 0.1) is 13.8 Å². The molecule has 0 saturated heterocycles. The molecule has 0 unspecified atom stereocenters. The van der Waals surface area contributed by atoms with Crippen LogP contribution in [0.25, 0.3) is 10.9 Å². The number of aliphatic imine (C=N–C) groups is 1. The summed E-state index contributed by atoms with van der Waals surface area (Å²) in [5.74, 6) is 0. The number of fused-ring (bicyclic) bond motifs is 1. The molecule has 0 saturated carbocycles. The number of nitrogens with zero attached hydrogens (tertiary/aromatic N) is 3. The fourth-order valence-electron chi connectivity index (χ4n) is 2.89. The van der Waals surface area contributed by atoms with Crippen molar-refractivity contribution in [2.45, 2.75) is 13.8 Å². The third kappa shape index (κ3) is 2.25. The predicted molar refractivity (Wildman–Crippen MR) is 92.5 cm³/mol. The van der Waals surface area contributed by atoms with Crippen molar-refractivity contribution in [1.82, 2.24) is 9.55 Å². The Morgan fingerprint density at radius 3 is 2.59 bits per heavy atom. The summed E-state index contributed by atoms with van der Waals surface area (Å²) in [7, 11) is 2.07. The second kappa shape index (κ2) is 5.60. The van der Waals surface area contributed by atoms with Gasteiger partial charge in [-0.2, -0.15) is 0 Å². The number of rotatable bonds is 3. The lowest BCUT2D eigenvalue weighted by Gasteiger charge is -2.10. The molecule has 0 aliphatic heterocycles. The summed E-state index contributed by atoms with van der Waals surface area (Å²) in [5, 5.41) is 1.25. The highest BCUT2D eigenvalue weighted by Gasteiger charge is 2.17. The zero-order valence-corrected chi connectivity index (χ0v) is 13.2. The summed E-state index contributed by atoms with van der Waals surface area (Å²) >= 11 is 0. The first kappa shape index (κ1) is 14.3. The second-order valence-corrected chi connectivity index (χ2v) is 5.40. The summed E-state index contributed by atoms with van der Waals surface area (Å²) in [4.78, 5) is 8.93. The van der Waals surface area contributed by atoms with Crippen molar-refractivity contribution in [3.8, 4) is 0 Å². The quantitative estimate of drug-likeness (QED) is 0.665. The minimum atomic E-state index is 0.902. The molecule has 0 N–H and O–H groups in total. The summed E-state index contributed by atoms with van der Waals surface area (Å²) in [6, 6.07) is 12.5. The number of aromatic nitrogens is 2. The molecule has 3 rings (SSSR count). The van der Waals surface area contributed by atoms with E-state index in [1.807, 2.05) is 19.2 Å². The fraction of sp³-hybridized carbons (Fsp3) is 0.158. The molecule has 0 fully saturated rings. The van der Waals surface area contributed by atoms with E-state index >= 15 is 0 Å². The molecule has 3 aromatic rings. The van der Waals surface area contributed by atoms with Gasteiger partial charge in [-0.1, -0.05) is 24.8 Å². The highest BCUT2D eigenvalue weighted by molar-refractivity contribution is 6.15. The van der Waals surface area contributed by atoms with E-state index in [1.165, 1.54) is 16.5 Å². The topological polar surface area (TPSA) is 30.2 Å². The van der Waals surface area contributed by atoms with Gasteiger partial charge in [0.15, 0.2) is 0 Å². The van der Waals surface area contributed by atoms with E-state index < -0.39 is 0 Å². The molecule has 22 heavy (non-hydrogen) atoms. The van der Waals surface area contributed by atoms with Crippen molar-refractivity contribution >= 4 is 16.6 Å². The fourth-order valence-corrected chi connectivity index (χ4v) is 2.89. The van der Waals surface area contributed by atoms with Crippen molar-refractivity contribution in [3.05, 3.63) is 77.9 Å². The lowest BCUT2D eigenvalue weighted by atomic mass is 10.0. The van der Waals surface area contributed by atoms with E-state index in [2.05, 4.69) is 65.4 Å². The first-order valence-corrected chi connectivity index (χ1v) is 7.29. The Labute approximate surface area is 130 Å². The maximum atomic E-state index is 4.53. The molecular weight excluding hydrogens is 270 g/mol. The van der Waals surface area contributed by atoms with Crippen molar-refractivity contribution in [2.75, 3.05) is 0 Å². The molecule has 3 heteroatoms. The summed E-state index contributed by atoms with van der Waals surface area (Å²) in [5.41, 5.74) is 6.42. The smallest absolute Gasteiger partial charge is 0.0956 e. The van der Waals surface area contributed by atoms with Gasteiger partial charge in [-0.25, -0.2) is 0 Å². The highest BCUT2D eigenvalue weighted by Crippen LogP contribution is 2.26. The summed E-state index contributed by atoms with van der Waals surface area (Å²) < 4.78 is 2.19. The predicted octanol–water partition coefficient (Wildman–Crippen LogP) is 4.17. The molecule has 0 atom stereocenters. The third-order valence-corrected chi connectivity index (χ3v) is 3.99. The van der Waals surface area contributed by atoms with Crippen LogP contribution < -0.4 is 0 Å². The van der Waals surface area contributed by atoms with E-state index in [-0.39, 0.29) is 0 Å². The van der Waals surface area contributed by atoms with Crippen LogP contribution in [0.2, 0.25) is 0 Å². The van der Waals surface area contributed by atoms with Crippen LogP contribution in [-0.4, -0.2) is 15.3 Å². The average Bonchev–Trinajstić information content (AvgIpc) is 2.78. The molecule has 1 aromatic carbocycles. The van der Waals surface area contributed by atoms with E-state index in [4.69, 9.17) is 0 Å². The van der Waals surface area contributed by atoms with Crippen LogP contribution in [0.3, 0.4) is 0 Å². The number of hydrogen-bond donors (Lipinski definition) is 0. The monoisotopic (exact) mass is 289 g/mol. The largest absolute Gasteiger partial charge is 0.342 e. The van der Waals surface area contributed by atoms with Gasteiger partial charge in [-0.05, 0) is 37.6 Å². The average molecular weight is 289 g/mol. The molecule has 0 aliphatic rings. The SMILES string of the molecule is C=CN=C(c1ccc(C)nc1)c1c(C)c2ccccc2n1C. The zero-order valence-electron chi connectivity index (χ0n) is 13.2. The van der Waals surface area contributed by atoms with Gasteiger partial charge in [0.05, 0.1) is 11.4 Å². The van der Waals surface area contributed by atoms with Crippen LogP contribution in [0.4, 0.5) is 0 Å². The van der Waals surface area contributed by atoms with E-state index in [9.17, 15) is 0 Å². The molecule has 3 nitrogen and oxygen atoms in total. The number of para-hydroxylation sites is 1. The summed E-state index contributed by atoms with van der Waals surface area (Å²) in [6.45, 7) is 7.88. The molecule has 0 bridgehead atoms. The lowest BCUT2D eigenvalue weighted by molar-refractivity contribution is 0.948. The highest BCUT2D eigenvalue weighted by atomic mass is 15.0. The maximum Gasteiger partial charge on any atom is 0.0956 e. The third-order valence-electron chi connectivity index (χ3n) is 3.99. The molecule has 0 aliphatic carbocycles. The Morgan fingerprint density at radius 1 is 1.18 bits per heavy atom. The number of benzene rings is 1. The van der Waals surface area contributed by atoms with Crippen molar-refractivity contribution < 1.29 is 0 Å². The van der Waals surface area contributed by atoms with Gasteiger partial charge in [0, 0.05) is 41.6 Å². The van der Waals surface area contributed by atoms with E-state index in [1.54, 1.807) is 6.20 Å². The second-order valence-electron chi connectivity index (χ2n) is 5.40. The Hall–Kier alpha value is -2.68. The van der Waals surface area contributed by atoms with Crippen LogP contribution in [0.1, 0.15) is 22.5 Å². The van der Waals surface area contributed by atoms with Gasteiger partial charge in [0.25, 0.3) is 0 Å². The first-order chi connectivity index (χ1) is 10.6. The molecule has 0 amide bonds. The van der Waals surface area contributed by atoms with Gasteiger partial charge < -0.3 is 4.57 Å². The Kier molecular flexibility index (Phi) is 3.63. The minimum absolute atomic E-state index is 0.902. The van der Waals surface area contributed by atoms with Crippen LogP contribution >= 0.6 is 0 Å². The molecule has 2 aromatic heterocycles. The van der Waals surface area contributed by atoms with Crippen LogP contribution in [-0.2, 0) is 7.05 Å². The van der Waals surface area contributed by atoms with Gasteiger partial charge >= 0.3 is 0 Å². The van der Waals surface area contributed by atoms with Crippen molar-refractivity contribution in [2.24, 2.45) is 12.0 Å². The maximum absolute atomic E-state index is 4.53. The Bertz CT molecular complexity index is 829. The van der Waals surface area contributed by atoms with Gasteiger partial charge in [-0.15, -0.1) is 0 Å². The van der Waals surface area contributed by atoms with Crippen molar-refractivity contribution in [1.29, 1.82) is 0 Å². The number of aryl methyl sites for hydroxylation is 3. The zero-order chi connectivity index (χ0) is 15.7. The van der Waals surface area contributed by atoms with Crippen LogP contribution in [0.5, 0.6) is 0 Å². The minimum Gasteiger partial charge on any atom is -0.342 e. The van der Waals surface area contributed by atoms with E-state index in [0.717, 1.165) is 22.7 Å². The normalized spacial score (nSPS) is 11.9. The molecule has 0 spiro atoms. The summed E-state index contributed by atoms with van der Waals surface area (Å²) in [6.07, 6.45) is 3.46. The first-order valence-electron chi connectivity index (χ1n) is 7.29. The van der Waals surface area contributed by atoms with Gasteiger partial charge in [0.2, 0.25) is 0 Å². The standard InChI is InChI=1S/C19H19N3/c1-5-20-18(15-11-10-13(2)21-12-15)19-14(3)16-8-6-7-9-17(16)22(19)4/h5-12H,1H2,2-4H3. The molecule has 110 valence electrons.